The number of hydrogen-bond acceptors (Lipinski definition) is 3. The van der Waals surface area contributed by atoms with Crippen molar-refractivity contribution < 1.29 is 17.5 Å². The van der Waals surface area contributed by atoms with Crippen LogP contribution in [0, 0.1) is 11.7 Å². The highest BCUT2D eigenvalue weighted by Crippen LogP contribution is 2.21. The van der Waals surface area contributed by atoms with Gasteiger partial charge >= 0.3 is 0 Å². The number of benzene rings is 1. The van der Waals surface area contributed by atoms with E-state index in [2.05, 4.69) is 0 Å². The maximum absolute atomic E-state index is 13.5. The SMILES string of the molecule is CN(CC1CCOC1)S(=O)(=O)c1ccccc1F. The molecule has 1 aliphatic heterocycles. The molecule has 1 unspecified atom stereocenters. The van der Waals surface area contributed by atoms with E-state index in [0.717, 1.165) is 12.5 Å². The number of nitrogens with zero attached hydrogens (tertiary/aromatic N) is 1. The summed E-state index contributed by atoms with van der Waals surface area (Å²) in [6.07, 6.45) is 0.844. The highest BCUT2D eigenvalue weighted by molar-refractivity contribution is 7.89. The molecule has 0 radical (unpaired) electrons. The van der Waals surface area contributed by atoms with E-state index in [1.165, 1.54) is 29.6 Å². The predicted molar refractivity (Wildman–Crippen MR) is 65.1 cm³/mol. The lowest BCUT2D eigenvalue weighted by molar-refractivity contribution is 0.182. The van der Waals surface area contributed by atoms with E-state index in [1.807, 2.05) is 0 Å². The molecule has 0 amide bonds. The van der Waals surface area contributed by atoms with E-state index in [0.29, 0.717) is 19.8 Å². The lowest BCUT2D eigenvalue weighted by Gasteiger charge is -2.20. The van der Waals surface area contributed by atoms with E-state index in [1.54, 1.807) is 0 Å². The van der Waals surface area contributed by atoms with Crippen molar-refractivity contribution in [3.8, 4) is 0 Å². The number of halogens is 1. The molecule has 0 spiro atoms. The molecule has 1 aromatic carbocycles. The van der Waals surface area contributed by atoms with E-state index in [4.69, 9.17) is 4.74 Å². The van der Waals surface area contributed by atoms with Gasteiger partial charge in [0.25, 0.3) is 0 Å². The molecule has 1 saturated heterocycles. The van der Waals surface area contributed by atoms with Gasteiger partial charge in [-0.1, -0.05) is 12.1 Å². The van der Waals surface area contributed by atoms with Crippen LogP contribution in [0.4, 0.5) is 4.39 Å². The smallest absolute Gasteiger partial charge is 0.245 e. The third kappa shape index (κ3) is 2.71. The molecule has 1 fully saturated rings. The van der Waals surface area contributed by atoms with Crippen molar-refractivity contribution >= 4 is 10.0 Å². The third-order valence-corrected chi connectivity index (χ3v) is 4.92. The average molecular weight is 273 g/mol. The molecule has 1 aromatic rings. The van der Waals surface area contributed by atoms with Crippen LogP contribution >= 0.6 is 0 Å². The first kappa shape index (κ1) is 13.5. The largest absolute Gasteiger partial charge is 0.381 e. The monoisotopic (exact) mass is 273 g/mol. The Labute approximate surface area is 106 Å². The van der Waals surface area contributed by atoms with Crippen LogP contribution in [-0.2, 0) is 14.8 Å². The van der Waals surface area contributed by atoms with Gasteiger partial charge in [0, 0.05) is 20.2 Å². The minimum Gasteiger partial charge on any atom is -0.381 e. The summed E-state index contributed by atoms with van der Waals surface area (Å²) in [5.74, 6) is -0.524. The van der Waals surface area contributed by atoms with Crippen LogP contribution in [0.5, 0.6) is 0 Å². The van der Waals surface area contributed by atoms with Gasteiger partial charge in [0.15, 0.2) is 0 Å². The highest BCUT2D eigenvalue weighted by Gasteiger charge is 2.27. The summed E-state index contributed by atoms with van der Waals surface area (Å²) in [6, 6.07) is 5.42. The van der Waals surface area contributed by atoms with Gasteiger partial charge in [-0.15, -0.1) is 0 Å². The molecule has 4 nitrogen and oxygen atoms in total. The number of hydrogen-bond donors (Lipinski definition) is 0. The normalized spacial score (nSPS) is 20.5. The third-order valence-electron chi connectivity index (χ3n) is 3.06. The Bertz CT molecular complexity index is 512. The van der Waals surface area contributed by atoms with Gasteiger partial charge in [0.1, 0.15) is 10.7 Å². The molecule has 0 aliphatic carbocycles. The van der Waals surface area contributed by atoms with Gasteiger partial charge < -0.3 is 4.74 Å². The van der Waals surface area contributed by atoms with Crippen molar-refractivity contribution in [1.29, 1.82) is 0 Å². The molecule has 0 N–H and O–H groups in total. The molecule has 0 saturated carbocycles. The molecule has 0 bridgehead atoms. The van der Waals surface area contributed by atoms with Crippen LogP contribution in [0.2, 0.25) is 0 Å². The summed E-state index contributed by atoms with van der Waals surface area (Å²) in [7, 11) is -2.28. The van der Waals surface area contributed by atoms with E-state index in [9.17, 15) is 12.8 Å². The minimum absolute atomic E-state index is 0.191. The molecule has 0 aromatic heterocycles. The lowest BCUT2D eigenvalue weighted by atomic mass is 10.1. The molecular weight excluding hydrogens is 257 g/mol. The van der Waals surface area contributed by atoms with Crippen LogP contribution in [0.1, 0.15) is 6.42 Å². The van der Waals surface area contributed by atoms with Crippen LogP contribution in [-0.4, -0.2) is 39.5 Å². The van der Waals surface area contributed by atoms with Crippen molar-refractivity contribution in [1.82, 2.24) is 4.31 Å². The second kappa shape index (κ2) is 5.34. The van der Waals surface area contributed by atoms with Crippen LogP contribution < -0.4 is 0 Å². The van der Waals surface area contributed by atoms with E-state index < -0.39 is 15.8 Å². The van der Waals surface area contributed by atoms with Crippen molar-refractivity contribution in [2.24, 2.45) is 5.92 Å². The summed E-state index contributed by atoms with van der Waals surface area (Å²) in [5, 5.41) is 0. The van der Waals surface area contributed by atoms with Gasteiger partial charge in [-0.2, -0.15) is 0 Å². The first-order chi connectivity index (χ1) is 8.51. The zero-order chi connectivity index (χ0) is 13.2. The quantitative estimate of drug-likeness (QED) is 0.835. The minimum atomic E-state index is -3.75. The topological polar surface area (TPSA) is 46.6 Å². The van der Waals surface area contributed by atoms with Gasteiger partial charge in [0.2, 0.25) is 10.0 Å². The van der Waals surface area contributed by atoms with Crippen LogP contribution in [0.3, 0.4) is 0 Å². The van der Waals surface area contributed by atoms with Crippen molar-refractivity contribution in [2.45, 2.75) is 11.3 Å². The Morgan fingerprint density at radius 1 is 1.44 bits per heavy atom. The van der Waals surface area contributed by atoms with Crippen molar-refractivity contribution in [3.05, 3.63) is 30.1 Å². The molecule has 1 aliphatic rings. The van der Waals surface area contributed by atoms with E-state index >= 15 is 0 Å². The van der Waals surface area contributed by atoms with Crippen LogP contribution in [0.15, 0.2) is 29.2 Å². The Morgan fingerprint density at radius 2 is 2.17 bits per heavy atom. The first-order valence-corrected chi connectivity index (χ1v) is 7.24. The molecule has 1 heterocycles. The Balaban J connectivity index is 2.17. The summed E-state index contributed by atoms with van der Waals surface area (Å²) >= 11 is 0. The van der Waals surface area contributed by atoms with E-state index in [-0.39, 0.29) is 10.8 Å². The Kier molecular flexibility index (Phi) is 3.99. The fraction of sp³-hybridized carbons (Fsp3) is 0.500. The van der Waals surface area contributed by atoms with Gasteiger partial charge in [-0.25, -0.2) is 17.1 Å². The molecule has 18 heavy (non-hydrogen) atoms. The zero-order valence-corrected chi connectivity index (χ0v) is 11.0. The first-order valence-electron chi connectivity index (χ1n) is 5.80. The lowest BCUT2D eigenvalue weighted by Crippen LogP contribution is -2.32. The van der Waals surface area contributed by atoms with Gasteiger partial charge in [-0.3, -0.25) is 0 Å². The Morgan fingerprint density at radius 3 is 2.78 bits per heavy atom. The average Bonchev–Trinajstić information content (AvgIpc) is 2.82. The van der Waals surface area contributed by atoms with Crippen LogP contribution in [0.25, 0.3) is 0 Å². The summed E-state index contributed by atoms with van der Waals surface area (Å²) in [5.41, 5.74) is 0. The maximum atomic E-state index is 13.5. The fourth-order valence-electron chi connectivity index (χ4n) is 2.01. The molecular formula is C12H16FNO3S. The summed E-state index contributed by atoms with van der Waals surface area (Å²) in [6.45, 7) is 1.59. The van der Waals surface area contributed by atoms with Crippen molar-refractivity contribution in [3.63, 3.8) is 0 Å². The van der Waals surface area contributed by atoms with Crippen molar-refractivity contribution in [2.75, 3.05) is 26.8 Å². The number of ether oxygens (including phenoxy) is 1. The second-order valence-corrected chi connectivity index (χ2v) is 6.46. The standard InChI is InChI=1S/C12H16FNO3S/c1-14(8-10-6-7-17-9-10)18(15,16)12-5-3-2-4-11(12)13/h2-5,10H,6-9H2,1H3. The Hall–Kier alpha value is -0.980. The fourth-order valence-corrected chi connectivity index (χ4v) is 3.32. The molecule has 6 heteroatoms. The highest BCUT2D eigenvalue weighted by atomic mass is 32.2. The zero-order valence-electron chi connectivity index (χ0n) is 10.2. The molecule has 1 atom stereocenters. The summed E-state index contributed by atoms with van der Waals surface area (Å²) in [4.78, 5) is -0.272. The maximum Gasteiger partial charge on any atom is 0.245 e. The second-order valence-electron chi connectivity index (χ2n) is 4.45. The van der Waals surface area contributed by atoms with Gasteiger partial charge in [-0.05, 0) is 24.5 Å². The molecule has 2 rings (SSSR count). The summed E-state index contributed by atoms with van der Waals surface area (Å²) < 4.78 is 44.3. The predicted octanol–water partition coefficient (Wildman–Crippen LogP) is 1.48. The molecule has 100 valence electrons. The number of rotatable bonds is 4. The van der Waals surface area contributed by atoms with Gasteiger partial charge in [0.05, 0.1) is 6.61 Å². The number of sulfonamides is 1.